The molecule has 0 radical (unpaired) electrons. The Morgan fingerprint density at radius 1 is 1.00 bits per heavy atom. The average molecular weight is 503 g/mol. The van der Waals surface area contributed by atoms with E-state index in [2.05, 4.69) is 54.7 Å². The van der Waals surface area contributed by atoms with Crippen LogP contribution in [-0.2, 0) is 0 Å². The molecular weight excluding hydrogens is 484 g/mol. The van der Waals surface area contributed by atoms with Crippen LogP contribution in [0, 0.1) is 0 Å². The molecule has 0 spiro atoms. The molecule has 0 bridgehead atoms. The van der Waals surface area contributed by atoms with E-state index in [1.807, 2.05) is 0 Å². The summed E-state index contributed by atoms with van der Waals surface area (Å²) >= 11 is 9.76. The van der Waals surface area contributed by atoms with Crippen LogP contribution in [0.2, 0.25) is 0 Å². The van der Waals surface area contributed by atoms with Crippen LogP contribution in [0.15, 0.2) is 13.4 Å². The number of rotatable bonds is 9. The highest BCUT2D eigenvalue weighted by atomic mass is 79.9. The van der Waals surface area contributed by atoms with Crippen molar-refractivity contribution in [3.05, 3.63) is 19.0 Å². The van der Waals surface area contributed by atoms with Gasteiger partial charge in [0.2, 0.25) is 0 Å². The van der Waals surface area contributed by atoms with E-state index in [0.29, 0.717) is 15.6 Å². The minimum Gasteiger partial charge on any atom is -0.504 e. The van der Waals surface area contributed by atoms with Gasteiger partial charge in [-0.15, -0.1) is 0 Å². The van der Waals surface area contributed by atoms with Gasteiger partial charge in [0.05, 0.1) is 20.0 Å². The Kier molecular flexibility index (Phi) is 8.79. The highest BCUT2D eigenvalue weighted by molar-refractivity contribution is 9.14. The first kappa shape index (κ1) is 19.8. The lowest BCUT2D eigenvalue weighted by atomic mass is 10.1. The number of halogens is 3. The van der Waals surface area contributed by atoms with E-state index in [-0.39, 0.29) is 21.5 Å². The molecule has 0 aliphatic heterocycles. The van der Waals surface area contributed by atoms with Crippen LogP contribution in [-0.4, -0.2) is 22.8 Å². The van der Waals surface area contributed by atoms with Crippen LogP contribution in [0.3, 0.4) is 0 Å². The summed E-state index contributed by atoms with van der Waals surface area (Å²) in [5.41, 5.74) is -0.215. The number of hydrogen-bond donors (Lipinski definition) is 2. The second-order valence-corrected chi connectivity index (χ2v) is 7.30. The van der Waals surface area contributed by atoms with E-state index in [0.717, 1.165) is 19.3 Å². The topological polar surface area (TPSA) is 66.8 Å². The zero-order valence-corrected chi connectivity index (χ0v) is 17.1. The van der Waals surface area contributed by atoms with E-state index in [1.165, 1.54) is 19.3 Å². The van der Waals surface area contributed by atoms with Gasteiger partial charge in [-0.3, -0.25) is 0 Å². The molecule has 0 unspecified atom stereocenters. The molecule has 22 heavy (non-hydrogen) atoms. The molecule has 0 amide bonds. The van der Waals surface area contributed by atoms with Crippen molar-refractivity contribution in [2.45, 2.75) is 45.4 Å². The van der Waals surface area contributed by atoms with Gasteiger partial charge in [-0.25, -0.2) is 4.79 Å². The quantitative estimate of drug-likeness (QED) is 0.315. The third kappa shape index (κ3) is 5.13. The molecular formula is C15H19Br3O4. The Balaban J connectivity index is 2.73. The molecule has 0 aliphatic rings. The number of aromatic carboxylic acids is 1. The molecule has 1 aromatic carbocycles. The van der Waals surface area contributed by atoms with Crippen molar-refractivity contribution in [1.29, 1.82) is 0 Å². The molecule has 4 nitrogen and oxygen atoms in total. The zero-order valence-electron chi connectivity index (χ0n) is 12.3. The molecule has 0 aromatic heterocycles. The van der Waals surface area contributed by atoms with Crippen molar-refractivity contribution in [2.75, 3.05) is 6.61 Å². The lowest BCUT2D eigenvalue weighted by Gasteiger charge is -2.15. The van der Waals surface area contributed by atoms with Gasteiger partial charge in [-0.1, -0.05) is 39.0 Å². The summed E-state index contributed by atoms with van der Waals surface area (Å²) in [5.74, 6) is -1.44. The summed E-state index contributed by atoms with van der Waals surface area (Å²) < 4.78 is 6.86. The fourth-order valence-electron chi connectivity index (χ4n) is 2.01. The van der Waals surface area contributed by atoms with Crippen LogP contribution in [0.1, 0.15) is 55.8 Å². The van der Waals surface area contributed by atoms with Crippen LogP contribution >= 0.6 is 47.8 Å². The molecule has 0 saturated heterocycles. The minimum atomic E-state index is -1.22. The molecule has 0 heterocycles. The maximum atomic E-state index is 11.3. The summed E-state index contributed by atoms with van der Waals surface area (Å²) in [6.45, 7) is 2.61. The van der Waals surface area contributed by atoms with Gasteiger partial charge in [-0.2, -0.15) is 0 Å². The molecule has 1 rings (SSSR count). The van der Waals surface area contributed by atoms with Crippen LogP contribution < -0.4 is 4.74 Å². The fraction of sp³-hybridized carbons (Fsp3) is 0.533. The van der Waals surface area contributed by atoms with Crippen LogP contribution in [0.25, 0.3) is 0 Å². The van der Waals surface area contributed by atoms with Gasteiger partial charge in [-0.05, 0) is 54.2 Å². The molecule has 7 heteroatoms. The maximum absolute atomic E-state index is 11.3. The van der Waals surface area contributed by atoms with E-state index < -0.39 is 5.97 Å². The normalized spacial score (nSPS) is 10.7. The monoisotopic (exact) mass is 500 g/mol. The number of phenols is 1. The van der Waals surface area contributed by atoms with E-state index in [9.17, 15) is 15.0 Å². The minimum absolute atomic E-state index is 0.154. The number of carboxylic acids is 1. The summed E-state index contributed by atoms with van der Waals surface area (Å²) in [6, 6.07) is 0. The number of carboxylic acid groups (broad SMARTS) is 1. The first-order valence-electron chi connectivity index (χ1n) is 7.17. The highest BCUT2D eigenvalue weighted by Crippen LogP contribution is 2.47. The molecule has 0 atom stereocenters. The predicted molar refractivity (Wildman–Crippen MR) is 97.0 cm³/mol. The average Bonchev–Trinajstić information content (AvgIpc) is 2.47. The standard InChI is InChI=1S/C15H19Br3O4/c1-2-3-4-5-6-7-8-22-14-12(18)11(17)10(16)9(13(14)19)15(20)21/h19H,2-8H2,1H3,(H,20,21). The number of benzene rings is 1. The SMILES string of the molecule is CCCCCCCCOc1c(O)c(C(=O)O)c(Br)c(Br)c1Br. The molecule has 0 saturated carbocycles. The largest absolute Gasteiger partial charge is 0.504 e. The Morgan fingerprint density at radius 3 is 2.18 bits per heavy atom. The van der Waals surface area contributed by atoms with Gasteiger partial charge in [0, 0.05) is 0 Å². The Bertz CT molecular complexity index is 532. The number of hydrogen-bond acceptors (Lipinski definition) is 3. The second kappa shape index (κ2) is 9.78. The van der Waals surface area contributed by atoms with Gasteiger partial charge < -0.3 is 14.9 Å². The number of ether oxygens (including phenoxy) is 1. The van der Waals surface area contributed by atoms with Crippen LogP contribution in [0.5, 0.6) is 11.5 Å². The lowest BCUT2D eigenvalue weighted by Crippen LogP contribution is -2.04. The van der Waals surface area contributed by atoms with Gasteiger partial charge in [0.25, 0.3) is 0 Å². The van der Waals surface area contributed by atoms with Crippen molar-refractivity contribution < 1.29 is 19.7 Å². The van der Waals surface area contributed by atoms with Crippen molar-refractivity contribution >= 4 is 53.8 Å². The molecule has 0 fully saturated rings. The Labute approximate surface area is 155 Å². The van der Waals surface area contributed by atoms with Gasteiger partial charge >= 0.3 is 5.97 Å². The third-order valence-corrected chi connectivity index (χ3v) is 6.62. The highest BCUT2D eigenvalue weighted by Gasteiger charge is 2.25. The third-order valence-electron chi connectivity index (χ3n) is 3.21. The number of unbranched alkanes of at least 4 members (excludes halogenated alkanes) is 5. The molecule has 2 N–H and O–H groups in total. The smallest absolute Gasteiger partial charge is 0.340 e. The summed E-state index contributed by atoms with van der Waals surface area (Å²) in [4.78, 5) is 11.3. The maximum Gasteiger partial charge on any atom is 0.340 e. The van der Waals surface area contributed by atoms with Gasteiger partial charge in [0.15, 0.2) is 11.5 Å². The van der Waals surface area contributed by atoms with E-state index in [4.69, 9.17) is 4.74 Å². The van der Waals surface area contributed by atoms with Crippen molar-refractivity contribution in [3.63, 3.8) is 0 Å². The van der Waals surface area contributed by atoms with E-state index in [1.54, 1.807) is 0 Å². The summed E-state index contributed by atoms with van der Waals surface area (Å²) in [7, 11) is 0. The lowest BCUT2D eigenvalue weighted by molar-refractivity contribution is 0.0691. The molecule has 0 aliphatic carbocycles. The first-order valence-corrected chi connectivity index (χ1v) is 9.55. The first-order chi connectivity index (χ1) is 10.4. The van der Waals surface area contributed by atoms with Crippen molar-refractivity contribution in [3.8, 4) is 11.5 Å². The summed E-state index contributed by atoms with van der Waals surface area (Å²) in [6.07, 6.45) is 6.76. The van der Waals surface area contributed by atoms with E-state index >= 15 is 0 Å². The predicted octanol–water partition coefficient (Wildman–Crippen LogP) is 6.12. The number of carbonyl (C=O) groups is 1. The molecule has 124 valence electrons. The number of aromatic hydroxyl groups is 1. The summed E-state index contributed by atoms with van der Waals surface area (Å²) in [5, 5.41) is 19.3. The Hall–Kier alpha value is -0.270. The molecule has 1 aromatic rings. The fourth-order valence-corrected chi connectivity index (χ4v) is 3.71. The zero-order chi connectivity index (χ0) is 16.7. The second-order valence-electron chi connectivity index (χ2n) is 4.92. The van der Waals surface area contributed by atoms with Gasteiger partial charge in [0.1, 0.15) is 5.56 Å². The van der Waals surface area contributed by atoms with Crippen molar-refractivity contribution in [1.82, 2.24) is 0 Å². The Morgan fingerprint density at radius 2 is 1.59 bits per heavy atom. The van der Waals surface area contributed by atoms with Crippen molar-refractivity contribution in [2.24, 2.45) is 0 Å². The van der Waals surface area contributed by atoms with Crippen LogP contribution in [0.4, 0.5) is 0 Å².